The first-order chi connectivity index (χ1) is 9.52. The molecule has 2 aromatic carbocycles. The van der Waals surface area contributed by atoms with E-state index in [2.05, 4.69) is 79.0 Å². The summed E-state index contributed by atoms with van der Waals surface area (Å²) >= 11 is 10.9. The predicted octanol–water partition coefficient (Wildman–Crippen LogP) is 6.40. The van der Waals surface area contributed by atoms with Crippen LogP contribution in [0.3, 0.4) is 0 Å². The monoisotopic (exact) mass is 460 g/mol. The number of hydrogen-bond acceptors (Lipinski definition) is 1. The summed E-state index contributed by atoms with van der Waals surface area (Å²) in [6.07, 6.45) is 0. The molecule has 106 valence electrons. The molecule has 1 nitrogen and oxygen atoms in total. The molecule has 0 aliphatic rings. The first kappa shape index (κ1) is 16.1. The fraction of sp³-hybridized carbons (Fsp3) is 0.250. The van der Waals surface area contributed by atoms with Gasteiger partial charge in [0.05, 0.1) is 11.4 Å². The van der Waals surface area contributed by atoms with Crippen LogP contribution in [-0.2, 0) is 0 Å². The molecule has 20 heavy (non-hydrogen) atoms. The zero-order chi connectivity index (χ0) is 14.7. The van der Waals surface area contributed by atoms with Crippen LogP contribution >= 0.6 is 47.8 Å². The van der Waals surface area contributed by atoms with Crippen molar-refractivity contribution in [3.63, 3.8) is 0 Å². The molecule has 1 atom stereocenters. The summed E-state index contributed by atoms with van der Waals surface area (Å²) in [6.45, 7) is 4.76. The van der Waals surface area contributed by atoms with Gasteiger partial charge in [0, 0.05) is 14.5 Å². The summed E-state index contributed by atoms with van der Waals surface area (Å²) in [5.74, 6) is 0.926. The van der Waals surface area contributed by atoms with Crippen molar-refractivity contribution in [1.29, 1.82) is 0 Å². The lowest BCUT2D eigenvalue weighted by molar-refractivity contribution is 0.337. The quantitative estimate of drug-likeness (QED) is 0.477. The maximum absolute atomic E-state index is 5.74. The molecule has 0 aliphatic heterocycles. The van der Waals surface area contributed by atoms with E-state index in [1.54, 1.807) is 0 Å². The molecule has 0 radical (unpaired) electrons. The highest BCUT2D eigenvalue weighted by molar-refractivity contribution is 9.11. The Kier molecular flexibility index (Phi) is 5.70. The lowest BCUT2D eigenvalue weighted by atomic mass is 10.0. The second-order valence-corrected chi connectivity index (χ2v) is 7.19. The van der Waals surface area contributed by atoms with Crippen molar-refractivity contribution < 1.29 is 4.74 Å². The van der Waals surface area contributed by atoms with Gasteiger partial charge in [0.15, 0.2) is 0 Å². The Hall–Kier alpha value is -0.320. The van der Waals surface area contributed by atoms with Crippen molar-refractivity contribution in [3.8, 4) is 5.75 Å². The number of aryl methyl sites for hydroxylation is 1. The van der Waals surface area contributed by atoms with Crippen molar-refractivity contribution in [2.75, 3.05) is 6.61 Å². The van der Waals surface area contributed by atoms with Gasteiger partial charge in [-0.3, -0.25) is 0 Å². The van der Waals surface area contributed by atoms with Crippen LogP contribution in [-0.4, -0.2) is 6.61 Å². The molecular formula is C16H15Br3O. The summed E-state index contributed by atoms with van der Waals surface area (Å²) < 4.78 is 7.87. The molecular weight excluding hydrogens is 448 g/mol. The second-order valence-electron chi connectivity index (χ2n) is 4.50. The van der Waals surface area contributed by atoms with Crippen LogP contribution in [0.4, 0.5) is 0 Å². The van der Waals surface area contributed by atoms with Gasteiger partial charge in [-0.25, -0.2) is 0 Å². The van der Waals surface area contributed by atoms with Gasteiger partial charge in [-0.15, -0.1) is 0 Å². The van der Waals surface area contributed by atoms with Crippen LogP contribution in [0.1, 0.15) is 28.4 Å². The number of hydrogen-bond donors (Lipinski definition) is 0. The van der Waals surface area contributed by atoms with Gasteiger partial charge in [0.25, 0.3) is 0 Å². The Morgan fingerprint density at radius 2 is 1.80 bits per heavy atom. The van der Waals surface area contributed by atoms with E-state index in [-0.39, 0.29) is 4.83 Å². The van der Waals surface area contributed by atoms with Crippen LogP contribution in [0.25, 0.3) is 0 Å². The highest BCUT2D eigenvalue weighted by Gasteiger charge is 2.18. The first-order valence-corrected chi connectivity index (χ1v) is 8.85. The standard InChI is InChI=1S/C16H15Br3O/c1-3-20-15-7-4-10(2)8-13(15)16(19)12-6-5-11(17)9-14(12)18/h4-9,16H,3H2,1-2H3. The minimum absolute atomic E-state index is 0.0893. The zero-order valence-electron chi connectivity index (χ0n) is 11.3. The van der Waals surface area contributed by atoms with Crippen LogP contribution in [0.15, 0.2) is 45.3 Å². The van der Waals surface area contributed by atoms with Crippen molar-refractivity contribution >= 4 is 47.8 Å². The SMILES string of the molecule is CCOc1ccc(C)cc1C(Br)c1ccc(Br)cc1Br. The van der Waals surface area contributed by atoms with Crippen LogP contribution in [0.5, 0.6) is 5.75 Å². The number of ether oxygens (including phenoxy) is 1. The second kappa shape index (κ2) is 7.10. The van der Waals surface area contributed by atoms with E-state index < -0.39 is 0 Å². The van der Waals surface area contributed by atoms with Gasteiger partial charge < -0.3 is 4.74 Å². The van der Waals surface area contributed by atoms with Crippen LogP contribution < -0.4 is 4.74 Å². The highest BCUT2D eigenvalue weighted by atomic mass is 79.9. The maximum Gasteiger partial charge on any atom is 0.123 e. The average Bonchev–Trinajstić information content (AvgIpc) is 2.40. The molecule has 4 heteroatoms. The molecule has 0 N–H and O–H groups in total. The van der Waals surface area contributed by atoms with Gasteiger partial charge in [0.2, 0.25) is 0 Å². The van der Waals surface area contributed by atoms with Crippen molar-refractivity contribution in [2.24, 2.45) is 0 Å². The third-order valence-corrected chi connectivity index (χ3v) is 5.14. The molecule has 0 aliphatic carbocycles. The van der Waals surface area contributed by atoms with E-state index in [4.69, 9.17) is 4.74 Å². The fourth-order valence-electron chi connectivity index (χ4n) is 2.03. The Morgan fingerprint density at radius 1 is 1.05 bits per heavy atom. The highest BCUT2D eigenvalue weighted by Crippen LogP contribution is 2.40. The Labute approximate surface area is 145 Å². The smallest absolute Gasteiger partial charge is 0.123 e. The number of alkyl halides is 1. The molecule has 0 heterocycles. The van der Waals surface area contributed by atoms with Crippen LogP contribution in [0.2, 0.25) is 0 Å². The Morgan fingerprint density at radius 3 is 2.45 bits per heavy atom. The Balaban J connectivity index is 2.46. The summed E-state index contributed by atoms with van der Waals surface area (Å²) in [6, 6.07) is 12.5. The lowest BCUT2D eigenvalue weighted by Crippen LogP contribution is -2.01. The summed E-state index contributed by atoms with van der Waals surface area (Å²) in [5.41, 5.74) is 3.55. The summed E-state index contributed by atoms with van der Waals surface area (Å²) in [4.78, 5) is 0.0893. The van der Waals surface area contributed by atoms with Crippen molar-refractivity contribution in [1.82, 2.24) is 0 Å². The molecule has 1 unspecified atom stereocenters. The minimum atomic E-state index is 0.0893. The van der Waals surface area contributed by atoms with Crippen LogP contribution in [0, 0.1) is 6.92 Å². The summed E-state index contributed by atoms with van der Waals surface area (Å²) in [5, 5.41) is 0. The van der Waals surface area contributed by atoms with Gasteiger partial charge in [-0.05, 0) is 37.6 Å². The van der Waals surface area contributed by atoms with E-state index in [9.17, 15) is 0 Å². The van der Waals surface area contributed by atoms with Gasteiger partial charge in [0.1, 0.15) is 5.75 Å². The molecule has 0 saturated carbocycles. The van der Waals surface area contributed by atoms with Crippen molar-refractivity contribution in [3.05, 3.63) is 62.0 Å². The van der Waals surface area contributed by atoms with E-state index in [1.165, 1.54) is 11.1 Å². The largest absolute Gasteiger partial charge is 0.494 e. The van der Waals surface area contributed by atoms with Gasteiger partial charge in [-0.1, -0.05) is 71.6 Å². The van der Waals surface area contributed by atoms with E-state index in [0.29, 0.717) is 6.61 Å². The summed E-state index contributed by atoms with van der Waals surface area (Å²) in [7, 11) is 0. The zero-order valence-corrected chi connectivity index (χ0v) is 16.0. The molecule has 0 saturated heterocycles. The van der Waals surface area contributed by atoms with E-state index >= 15 is 0 Å². The maximum atomic E-state index is 5.74. The molecule has 0 bridgehead atoms. The predicted molar refractivity (Wildman–Crippen MR) is 95.0 cm³/mol. The molecule has 2 rings (SSSR count). The first-order valence-electron chi connectivity index (χ1n) is 6.35. The molecule has 2 aromatic rings. The molecule has 0 amide bonds. The van der Waals surface area contributed by atoms with Gasteiger partial charge >= 0.3 is 0 Å². The Bertz CT molecular complexity index is 611. The van der Waals surface area contributed by atoms with E-state index in [0.717, 1.165) is 20.3 Å². The van der Waals surface area contributed by atoms with E-state index in [1.807, 2.05) is 19.1 Å². The molecule has 0 fully saturated rings. The lowest BCUT2D eigenvalue weighted by Gasteiger charge is -2.18. The molecule has 0 aromatic heterocycles. The van der Waals surface area contributed by atoms with Crippen molar-refractivity contribution in [2.45, 2.75) is 18.7 Å². The number of rotatable bonds is 4. The van der Waals surface area contributed by atoms with Gasteiger partial charge in [-0.2, -0.15) is 0 Å². The topological polar surface area (TPSA) is 9.23 Å². The average molecular weight is 463 g/mol. The third-order valence-electron chi connectivity index (χ3n) is 2.97. The normalized spacial score (nSPS) is 12.2. The minimum Gasteiger partial charge on any atom is -0.494 e. The number of benzene rings is 2. The number of halogens is 3. The molecule has 0 spiro atoms. The fourth-order valence-corrected chi connectivity index (χ4v) is 4.37. The third kappa shape index (κ3) is 3.66.